The summed E-state index contributed by atoms with van der Waals surface area (Å²) in [6.45, 7) is 0.482. The van der Waals surface area contributed by atoms with Crippen molar-refractivity contribution in [3.63, 3.8) is 0 Å². The molecule has 29 heavy (non-hydrogen) atoms. The van der Waals surface area contributed by atoms with Gasteiger partial charge in [0.1, 0.15) is 18.2 Å². The molecule has 3 heterocycles. The number of hydrogen-bond acceptors (Lipinski definition) is 5. The summed E-state index contributed by atoms with van der Waals surface area (Å²) < 4.78 is 7.61. The van der Waals surface area contributed by atoms with Crippen molar-refractivity contribution in [3.8, 4) is 5.75 Å². The summed E-state index contributed by atoms with van der Waals surface area (Å²) in [4.78, 5) is 29.8. The van der Waals surface area contributed by atoms with Gasteiger partial charge in [-0.2, -0.15) is 4.98 Å². The average Bonchev–Trinajstić information content (AvgIpc) is 3.21. The standard InChI is InChI=1S/C22H17N3O3S/c26-18-12-17(19-20(23-18)25-10-11-29-22(25)24-21(19)27)15-6-8-16(9-7-15)28-13-14-4-2-1-3-5-14/h1-11,17H,12-13H2,(H,23,26)/t17-/m0/s1. The summed E-state index contributed by atoms with van der Waals surface area (Å²) in [5, 5.41) is 4.69. The first-order chi connectivity index (χ1) is 14.2. The second-order valence-electron chi connectivity index (χ2n) is 6.88. The fourth-order valence-corrected chi connectivity index (χ4v) is 4.34. The highest BCUT2D eigenvalue weighted by atomic mass is 32.1. The predicted molar refractivity (Wildman–Crippen MR) is 112 cm³/mol. The molecular weight excluding hydrogens is 386 g/mol. The molecule has 0 saturated heterocycles. The van der Waals surface area contributed by atoms with Gasteiger partial charge < -0.3 is 10.1 Å². The molecule has 0 spiro atoms. The number of hydrogen-bond donors (Lipinski definition) is 1. The molecule has 2 aromatic heterocycles. The van der Waals surface area contributed by atoms with Gasteiger partial charge in [-0.25, -0.2) is 0 Å². The van der Waals surface area contributed by atoms with E-state index in [1.54, 1.807) is 4.40 Å². The number of carbonyl (C=O) groups excluding carboxylic acids is 1. The van der Waals surface area contributed by atoms with Crippen LogP contribution in [0.4, 0.5) is 5.82 Å². The Labute approximate surface area is 170 Å². The molecule has 4 aromatic rings. The maximum Gasteiger partial charge on any atom is 0.279 e. The maximum absolute atomic E-state index is 12.7. The van der Waals surface area contributed by atoms with Crippen LogP contribution in [0.5, 0.6) is 5.75 Å². The molecule has 5 rings (SSSR count). The zero-order valence-corrected chi connectivity index (χ0v) is 16.2. The Hall–Kier alpha value is -3.45. The van der Waals surface area contributed by atoms with Crippen LogP contribution in [0.2, 0.25) is 0 Å². The molecule has 0 radical (unpaired) electrons. The summed E-state index contributed by atoms with van der Waals surface area (Å²) in [7, 11) is 0. The molecule has 6 nitrogen and oxygen atoms in total. The van der Waals surface area contributed by atoms with E-state index in [1.807, 2.05) is 66.2 Å². The van der Waals surface area contributed by atoms with Crippen LogP contribution >= 0.6 is 11.3 Å². The van der Waals surface area contributed by atoms with E-state index in [4.69, 9.17) is 4.74 Å². The molecule has 2 aromatic carbocycles. The number of thiazole rings is 1. The molecule has 1 aliphatic rings. The van der Waals surface area contributed by atoms with Crippen molar-refractivity contribution in [1.82, 2.24) is 9.38 Å². The summed E-state index contributed by atoms with van der Waals surface area (Å²) in [6, 6.07) is 17.5. The SMILES string of the molecule is O=C1C[C@@H](c2ccc(OCc3ccccc3)cc2)c2c(n3ccsc3nc2=O)N1. The van der Waals surface area contributed by atoms with Crippen LogP contribution in [0.3, 0.4) is 0 Å². The van der Waals surface area contributed by atoms with Gasteiger partial charge in [-0.3, -0.25) is 14.0 Å². The van der Waals surface area contributed by atoms with Gasteiger partial charge in [-0.1, -0.05) is 42.5 Å². The van der Waals surface area contributed by atoms with E-state index >= 15 is 0 Å². The Balaban J connectivity index is 1.46. The molecule has 7 heteroatoms. The second-order valence-corrected chi connectivity index (χ2v) is 7.76. The van der Waals surface area contributed by atoms with Crippen LogP contribution < -0.4 is 15.6 Å². The number of anilines is 1. The van der Waals surface area contributed by atoms with Crippen molar-refractivity contribution < 1.29 is 9.53 Å². The van der Waals surface area contributed by atoms with E-state index in [1.165, 1.54) is 11.3 Å². The molecule has 1 N–H and O–H groups in total. The molecule has 0 fully saturated rings. The van der Waals surface area contributed by atoms with Gasteiger partial charge in [0, 0.05) is 23.9 Å². The summed E-state index contributed by atoms with van der Waals surface area (Å²) in [5.41, 5.74) is 2.21. The minimum Gasteiger partial charge on any atom is -0.489 e. The van der Waals surface area contributed by atoms with E-state index in [9.17, 15) is 9.59 Å². The van der Waals surface area contributed by atoms with Crippen LogP contribution in [-0.2, 0) is 11.4 Å². The molecule has 0 aliphatic carbocycles. The Morgan fingerprint density at radius 2 is 1.90 bits per heavy atom. The number of nitrogens with zero attached hydrogens (tertiary/aromatic N) is 2. The van der Waals surface area contributed by atoms with Crippen LogP contribution in [0.15, 0.2) is 71.0 Å². The Morgan fingerprint density at radius 1 is 1.10 bits per heavy atom. The lowest BCUT2D eigenvalue weighted by Crippen LogP contribution is -2.31. The molecule has 0 saturated carbocycles. The van der Waals surface area contributed by atoms with Crippen LogP contribution in [0, 0.1) is 0 Å². The summed E-state index contributed by atoms with van der Waals surface area (Å²) in [5.74, 6) is 0.810. The van der Waals surface area contributed by atoms with Gasteiger partial charge >= 0.3 is 0 Å². The Morgan fingerprint density at radius 3 is 2.69 bits per heavy atom. The molecule has 1 amide bonds. The minimum absolute atomic E-state index is 0.113. The Bertz CT molecular complexity index is 1250. The van der Waals surface area contributed by atoms with Crippen molar-refractivity contribution in [2.75, 3.05) is 5.32 Å². The molecule has 0 bridgehead atoms. The van der Waals surface area contributed by atoms with Crippen LogP contribution in [-0.4, -0.2) is 15.3 Å². The topological polar surface area (TPSA) is 72.7 Å². The molecule has 1 atom stereocenters. The average molecular weight is 403 g/mol. The zero-order chi connectivity index (χ0) is 19.8. The van der Waals surface area contributed by atoms with E-state index in [-0.39, 0.29) is 23.8 Å². The van der Waals surface area contributed by atoms with Crippen molar-refractivity contribution in [3.05, 3.63) is 93.2 Å². The lowest BCUT2D eigenvalue weighted by Gasteiger charge is -2.25. The third-order valence-electron chi connectivity index (χ3n) is 5.04. The fourth-order valence-electron chi connectivity index (χ4n) is 3.64. The number of ether oxygens (including phenoxy) is 1. The van der Waals surface area contributed by atoms with Crippen molar-refractivity contribution in [2.45, 2.75) is 18.9 Å². The van der Waals surface area contributed by atoms with Crippen molar-refractivity contribution in [1.29, 1.82) is 0 Å². The monoisotopic (exact) mass is 403 g/mol. The van der Waals surface area contributed by atoms with Gasteiger partial charge in [-0.05, 0) is 23.3 Å². The normalized spacial score (nSPS) is 15.7. The number of fused-ring (bicyclic) bond motifs is 3. The lowest BCUT2D eigenvalue weighted by atomic mass is 9.87. The van der Waals surface area contributed by atoms with Crippen LogP contribution in [0.1, 0.15) is 29.0 Å². The smallest absolute Gasteiger partial charge is 0.279 e. The number of rotatable bonds is 4. The highest BCUT2D eigenvalue weighted by molar-refractivity contribution is 7.15. The number of amides is 1. The van der Waals surface area contributed by atoms with E-state index in [0.717, 1.165) is 16.9 Å². The van der Waals surface area contributed by atoms with E-state index in [2.05, 4.69) is 10.3 Å². The minimum atomic E-state index is -0.335. The number of nitrogens with one attached hydrogen (secondary N) is 1. The fraction of sp³-hybridized carbons (Fsp3) is 0.136. The van der Waals surface area contributed by atoms with Gasteiger partial charge in [-0.15, -0.1) is 11.3 Å². The first-order valence-corrected chi connectivity index (χ1v) is 10.1. The van der Waals surface area contributed by atoms with E-state index in [0.29, 0.717) is 22.9 Å². The molecule has 144 valence electrons. The molecule has 0 unspecified atom stereocenters. The third-order valence-corrected chi connectivity index (χ3v) is 5.80. The number of carbonyl (C=O) groups is 1. The van der Waals surface area contributed by atoms with Crippen LogP contribution in [0.25, 0.3) is 4.96 Å². The first kappa shape index (κ1) is 17.6. The predicted octanol–water partition coefficient (Wildman–Crippen LogP) is 3.81. The number of aromatic nitrogens is 2. The second kappa shape index (κ2) is 7.18. The van der Waals surface area contributed by atoms with Gasteiger partial charge in [0.15, 0.2) is 4.96 Å². The summed E-state index contributed by atoms with van der Waals surface area (Å²) >= 11 is 1.36. The summed E-state index contributed by atoms with van der Waals surface area (Å²) in [6.07, 6.45) is 2.03. The quantitative estimate of drug-likeness (QED) is 0.562. The van der Waals surface area contributed by atoms with Gasteiger partial charge in [0.25, 0.3) is 5.56 Å². The highest BCUT2D eigenvalue weighted by Crippen LogP contribution is 2.36. The first-order valence-electron chi connectivity index (χ1n) is 9.25. The number of benzene rings is 2. The Kier molecular flexibility index (Phi) is 4.37. The van der Waals surface area contributed by atoms with Crippen molar-refractivity contribution in [2.24, 2.45) is 0 Å². The highest BCUT2D eigenvalue weighted by Gasteiger charge is 2.31. The third kappa shape index (κ3) is 3.30. The molecular formula is C22H17N3O3S. The largest absolute Gasteiger partial charge is 0.489 e. The lowest BCUT2D eigenvalue weighted by molar-refractivity contribution is -0.116. The van der Waals surface area contributed by atoms with E-state index < -0.39 is 0 Å². The zero-order valence-electron chi connectivity index (χ0n) is 15.4. The van der Waals surface area contributed by atoms with Gasteiger partial charge in [0.2, 0.25) is 5.91 Å². The maximum atomic E-state index is 12.7. The van der Waals surface area contributed by atoms with Crippen molar-refractivity contribution >= 4 is 28.0 Å². The van der Waals surface area contributed by atoms with Gasteiger partial charge in [0.05, 0.1) is 5.56 Å². The molecule has 1 aliphatic heterocycles.